The molecule has 21 heavy (non-hydrogen) atoms. The third-order valence-corrected chi connectivity index (χ3v) is 5.25. The zero-order chi connectivity index (χ0) is 14.8. The molecule has 1 aromatic carbocycles. The second kappa shape index (κ2) is 5.79. The molecule has 0 aromatic heterocycles. The third-order valence-electron chi connectivity index (χ3n) is 5.25. The predicted octanol–water partition coefficient (Wildman–Crippen LogP) is 2.97. The molecule has 0 N–H and O–H groups in total. The SMILES string of the molecule is CC1(C#N)CCN(C[C@@]2(c3ccccc3)CCOC2)CC1. The number of nitriles is 1. The number of likely N-dealkylation sites (tertiary alicyclic amines) is 1. The van der Waals surface area contributed by atoms with Gasteiger partial charge >= 0.3 is 0 Å². The molecule has 3 nitrogen and oxygen atoms in total. The molecule has 3 rings (SSSR count). The second-order valence-corrected chi connectivity index (χ2v) is 6.90. The highest BCUT2D eigenvalue weighted by Gasteiger charge is 2.40. The minimum absolute atomic E-state index is 0.122. The lowest BCUT2D eigenvalue weighted by atomic mass is 9.77. The van der Waals surface area contributed by atoms with E-state index in [1.54, 1.807) is 0 Å². The Morgan fingerprint density at radius 3 is 2.48 bits per heavy atom. The Hall–Kier alpha value is -1.37. The molecule has 0 aliphatic carbocycles. The Bertz CT molecular complexity index is 506. The summed E-state index contributed by atoms with van der Waals surface area (Å²) in [5.74, 6) is 0. The number of rotatable bonds is 3. The van der Waals surface area contributed by atoms with Gasteiger partial charge in [-0.2, -0.15) is 5.26 Å². The first-order chi connectivity index (χ1) is 10.2. The van der Waals surface area contributed by atoms with Crippen LogP contribution in [0.1, 0.15) is 31.7 Å². The zero-order valence-electron chi connectivity index (χ0n) is 12.8. The second-order valence-electron chi connectivity index (χ2n) is 6.90. The summed E-state index contributed by atoms with van der Waals surface area (Å²) in [6, 6.07) is 13.3. The highest BCUT2D eigenvalue weighted by atomic mass is 16.5. The van der Waals surface area contributed by atoms with E-state index in [1.807, 2.05) is 0 Å². The Morgan fingerprint density at radius 1 is 1.19 bits per heavy atom. The molecule has 0 spiro atoms. The first-order valence-corrected chi connectivity index (χ1v) is 7.93. The van der Waals surface area contributed by atoms with Crippen LogP contribution in [0.25, 0.3) is 0 Å². The fourth-order valence-electron chi connectivity index (χ4n) is 3.59. The Morgan fingerprint density at radius 2 is 1.90 bits per heavy atom. The van der Waals surface area contributed by atoms with Crippen LogP contribution in [0.15, 0.2) is 30.3 Å². The molecule has 0 amide bonds. The summed E-state index contributed by atoms with van der Waals surface area (Å²) in [7, 11) is 0. The maximum atomic E-state index is 9.26. The van der Waals surface area contributed by atoms with Crippen molar-refractivity contribution in [1.29, 1.82) is 5.26 Å². The summed E-state index contributed by atoms with van der Waals surface area (Å²) >= 11 is 0. The van der Waals surface area contributed by atoms with E-state index in [1.165, 1.54) is 5.56 Å². The lowest BCUT2D eigenvalue weighted by molar-refractivity contribution is 0.111. The topological polar surface area (TPSA) is 36.3 Å². The van der Waals surface area contributed by atoms with Gasteiger partial charge in [0.1, 0.15) is 0 Å². The van der Waals surface area contributed by atoms with Crippen molar-refractivity contribution in [3.8, 4) is 6.07 Å². The normalized spacial score (nSPS) is 29.1. The first-order valence-electron chi connectivity index (χ1n) is 7.93. The molecular formula is C18H24N2O. The first kappa shape index (κ1) is 14.6. The van der Waals surface area contributed by atoms with Crippen LogP contribution in [0, 0.1) is 16.7 Å². The maximum absolute atomic E-state index is 9.26. The highest BCUT2D eigenvalue weighted by molar-refractivity contribution is 5.27. The fraction of sp³-hybridized carbons (Fsp3) is 0.611. The van der Waals surface area contributed by atoms with E-state index in [0.29, 0.717) is 0 Å². The number of piperidine rings is 1. The van der Waals surface area contributed by atoms with E-state index in [2.05, 4.69) is 48.2 Å². The van der Waals surface area contributed by atoms with Gasteiger partial charge in [-0.05, 0) is 44.8 Å². The van der Waals surface area contributed by atoms with Crippen molar-refractivity contribution < 1.29 is 4.74 Å². The van der Waals surface area contributed by atoms with Gasteiger partial charge in [-0.1, -0.05) is 30.3 Å². The molecule has 2 aliphatic rings. The van der Waals surface area contributed by atoms with E-state index in [4.69, 9.17) is 4.74 Å². The summed E-state index contributed by atoms with van der Waals surface area (Å²) < 4.78 is 5.74. The van der Waals surface area contributed by atoms with E-state index in [-0.39, 0.29) is 10.8 Å². The lowest BCUT2D eigenvalue weighted by Gasteiger charge is -2.40. The number of benzene rings is 1. The molecule has 0 unspecified atom stereocenters. The van der Waals surface area contributed by atoms with Crippen molar-refractivity contribution in [2.24, 2.45) is 5.41 Å². The molecule has 0 saturated carbocycles. The van der Waals surface area contributed by atoms with Crippen LogP contribution in [0.3, 0.4) is 0 Å². The number of hydrogen-bond donors (Lipinski definition) is 0. The van der Waals surface area contributed by atoms with Crippen LogP contribution >= 0.6 is 0 Å². The molecule has 1 aromatic rings. The van der Waals surface area contributed by atoms with Crippen LogP contribution in [-0.4, -0.2) is 37.7 Å². The van der Waals surface area contributed by atoms with Crippen LogP contribution in [0.4, 0.5) is 0 Å². The zero-order valence-corrected chi connectivity index (χ0v) is 12.8. The van der Waals surface area contributed by atoms with Gasteiger partial charge in [-0.25, -0.2) is 0 Å². The molecule has 0 bridgehead atoms. The molecular weight excluding hydrogens is 260 g/mol. The fourth-order valence-corrected chi connectivity index (χ4v) is 3.59. The smallest absolute Gasteiger partial charge is 0.0687 e. The Kier molecular flexibility index (Phi) is 4.01. The average molecular weight is 284 g/mol. The van der Waals surface area contributed by atoms with E-state index in [0.717, 1.165) is 52.1 Å². The third kappa shape index (κ3) is 2.97. The summed E-state index contributed by atoms with van der Waals surface area (Å²) in [5, 5.41) is 9.26. The lowest BCUT2D eigenvalue weighted by Crippen LogP contribution is -2.46. The van der Waals surface area contributed by atoms with Crippen molar-refractivity contribution >= 4 is 0 Å². The minimum atomic E-state index is -0.122. The number of ether oxygens (including phenoxy) is 1. The van der Waals surface area contributed by atoms with Crippen LogP contribution in [0.5, 0.6) is 0 Å². The molecule has 0 radical (unpaired) electrons. The quantitative estimate of drug-likeness (QED) is 0.856. The van der Waals surface area contributed by atoms with Gasteiger partial charge in [-0.3, -0.25) is 0 Å². The van der Waals surface area contributed by atoms with E-state index >= 15 is 0 Å². The largest absolute Gasteiger partial charge is 0.380 e. The summed E-state index contributed by atoms with van der Waals surface area (Å²) in [6.07, 6.45) is 3.06. The summed E-state index contributed by atoms with van der Waals surface area (Å²) in [4.78, 5) is 2.53. The Balaban J connectivity index is 1.72. The summed E-state index contributed by atoms with van der Waals surface area (Å²) in [5.41, 5.74) is 1.42. The van der Waals surface area contributed by atoms with Crippen LogP contribution in [-0.2, 0) is 10.2 Å². The van der Waals surface area contributed by atoms with Gasteiger partial charge in [0.15, 0.2) is 0 Å². The van der Waals surface area contributed by atoms with Crippen molar-refractivity contribution in [3.05, 3.63) is 35.9 Å². The molecule has 1 atom stereocenters. The van der Waals surface area contributed by atoms with Crippen molar-refractivity contribution in [2.45, 2.75) is 31.6 Å². The van der Waals surface area contributed by atoms with E-state index in [9.17, 15) is 5.26 Å². The van der Waals surface area contributed by atoms with Crippen LogP contribution < -0.4 is 0 Å². The summed E-state index contributed by atoms with van der Waals surface area (Å²) in [6.45, 7) is 6.88. The predicted molar refractivity (Wildman–Crippen MR) is 83.0 cm³/mol. The molecule has 112 valence electrons. The number of hydrogen-bond acceptors (Lipinski definition) is 3. The van der Waals surface area contributed by atoms with Gasteiger partial charge < -0.3 is 9.64 Å². The van der Waals surface area contributed by atoms with Gasteiger partial charge in [0, 0.05) is 18.6 Å². The van der Waals surface area contributed by atoms with Gasteiger partial charge in [0.25, 0.3) is 0 Å². The monoisotopic (exact) mass is 284 g/mol. The molecule has 2 aliphatic heterocycles. The number of nitrogens with zero attached hydrogens (tertiary/aromatic N) is 2. The standard InChI is InChI=1S/C18H24N2O/c1-17(13-19)7-10-20(11-8-17)14-18(9-12-21-15-18)16-5-3-2-4-6-16/h2-6H,7-12,14-15H2,1H3/t18-/m0/s1. The van der Waals surface area contributed by atoms with Crippen molar-refractivity contribution in [2.75, 3.05) is 32.8 Å². The highest BCUT2D eigenvalue weighted by Crippen LogP contribution is 2.36. The van der Waals surface area contributed by atoms with Crippen LogP contribution in [0.2, 0.25) is 0 Å². The van der Waals surface area contributed by atoms with Crippen molar-refractivity contribution in [1.82, 2.24) is 4.90 Å². The molecule has 2 fully saturated rings. The van der Waals surface area contributed by atoms with Gasteiger partial charge in [0.2, 0.25) is 0 Å². The average Bonchev–Trinajstić information content (AvgIpc) is 3.01. The van der Waals surface area contributed by atoms with Gasteiger partial charge in [-0.15, -0.1) is 0 Å². The minimum Gasteiger partial charge on any atom is -0.380 e. The van der Waals surface area contributed by atoms with Crippen molar-refractivity contribution in [3.63, 3.8) is 0 Å². The molecule has 2 heterocycles. The van der Waals surface area contributed by atoms with E-state index < -0.39 is 0 Å². The Labute approximate surface area is 127 Å². The maximum Gasteiger partial charge on any atom is 0.0687 e. The molecule has 3 heteroatoms. The van der Waals surface area contributed by atoms with Gasteiger partial charge in [0.05, 0.1) is 18.1 Å². The molecule has 2 saturated heterocycles.